The van der Waals surface area contributed by atoms with Crippen LogP contribution in [0.1, 0.15) is 36.0 Å². The van der Waals surface area contributed by atoms with E-state index >= 15 is 0 Å². The fourth-order valence-electron chi connectivity index (χ4n) is 2.95. The van der Waals surface area contributed by atoms with Gasteiger partial charge in [-0.05, 0) is 56.3 Å². The number of carbonyl (C=O) groups is 2. The molecule has 2 aliphatic rings. The number of rotatable bonds is 7. The molecule has 2 N–H and O–H groups in total. The Balaban J connectivity index is 0.00000225. The molecule has 0 atom stereocenters. The fraction of sp³-hybridized carbons (Fsp3) is 0.556. The molecule has 1 aliphatic carbocycles. The Hall–Kier alpha value is -1.79. The largest absolute Gasteiger partial charge is 0.495 e. The highest BCUT2D eigenvalue weighted by Crippen LogP contribution is 2.28. The molecular formula is C18H26ClN3O3. The van der Waals surface area contributed by atoms with Crippen LogP contribution in [0.4, 0.5) is 5.69 Å². The molecule has 3 rings (SSSR count). The molecule has 2 amide bonds. The highest BCUT2D eigenvalue weighted by Gasteiger charge is 2.22. The van der Waals surface area contributed by atoms with Crippen molar-refractivity contribution < 1.29 is 14.3 Å². The summed E-state index contributed by atoms with van der Waals surface area (Å²) in [4.78, 5) is 26.4. The first-order valence-corrected chi connectivity index (χ1v) is 8.65. The lowest BCUT2D eigenvalue weighted by Crippen LogP contribution is -2.30. The fourth-order valence-corrected chi connectivity index (χ4v) is 2.95. The second-order valence-corrected chi connectivity index (χ2v) is 6.54. The third-order valence-corrected chi connectivity index (χ3v) is 4.53. The first kappa shape index (κ1) is 19.5. The van der Waals surface area contributed by atoms with Crippen LogP contribution in [0.5, 0.6) is 5.75 Å². The van der Waals surface area contributed by atoms with E-state index in [9.17, 15) is 9.59 Å². The predicted octanol–water partition coefficient (Wildman–Crippen LogP) is 2.29. The van der Waals surface area contributed by atoms with Crippen molar-refractivity contribution in [2.45, 2.75) is 25.7 Å². The van der Waals surface area contributed by atoms with Gasteiger partial charge < -0.3 is 20.3 Å². The van der Waals surface area contributed by atoms with Crippen molar-refractivity contribution in [1.29, 1.82) is 0 Å². The molecule has 6 nitrogen and oxygen atoms in total. The van der Waals surface area contributed by atoms with E-state index in [1.165, 1.54) is 12.8 Å². The zero-order valence-electron chi connectivity index (χ0n) is 14.5. The number of ether oxygens (including phenoxy) is 1. The number of likely N-dealkylation sites (tertiary alicyclic amines) is 1. The SMILES string of the molecule is COc1ccc(C(=O)N2CCCC2)cc1NC(=O)CNCC1CC1.Cl. The maximum absolute atomic E-state index is 12.5. The number of hydrogen-bond acceptors (Lipinski definition) is 4. The van der Waals surface area contributed by atoms with Crippen molar-refractivity contribution in [2.24, 2.45) is 5.92 Å². The molecule has 1 aromatic rings. The van der Waals surface area contributed by atoms with E-state index in [0.29, 0.717) is 17.0 Å². The van der Waals surface area contributed by atoms with Gasteiger partial charge in [-0.1, -0.05) is 0 Å². The molecule has 1 aromatic carbocycles. The number of hydrogen-bond donors (Lipinski definition) is 2. The quantitative estimate of drug-likeness (QED) is 0.775. The van der Waals surface area contributed by atoms with E-state index in [0.717, 1.165) is 38.4 Å². The second kappa shape index (κ2) is 9.06. The molecule has 0 bridgehead atoms. The van der Waals surface area contributed by atoms with Gasteiger partial charge in [0.25, 0.3) is 5.91 Å². The van der Waals surface area contributed by atoms with Gasteiger partial charge in [-0.2, -0.15) is 0 Å². The number of nitrogens with one attached hydrogen (secondary N) is 2. The first-order chi connectivity index (χ1) is 11.7. The minimum Gasteiger partial charge on any atom is -0.495 e. The molecule has 1 saturated carbocycles. The minimum atomic E-state index is -0.125. The highest BCUT2D eigenvalue weighted by atomic mass is 35.5. The van der Waals surface area contributed by atoms with E-state index in [4.69, 9.17) is 4.74 Å². The number of carbonyl (C=O) groups excluding carboxylic acids is 2. The summed E-state index contributed by atoms with van der Waals surface area (Å²) in [7, 11) is 1.55. The molecule has 0 spiro atoms. The molecule has 7 heteroatoms. The van der Waals surface area contributed by atoms with Crippen molar-refractivity contribution >= 4 is 29.9 Å². The van der Waals surface area contributed by atoms with Gasteiger partial charge >= 0.3 is 0 Å². The zero-order chi connectivity index (χ0) is 16.9. The number of methoxy groups -OCH3 is 1. The van der Waals surface area contributed by atoms with Crippen molar-refractivity contribution in [1.82, 2.24) is 10.2 Å². The maximum Gasteiger partial charge on any atom is 0.253 e. The van der Waals surface area contributed by atoms with Crippen molar-refractivity contribution in [3.05, 3.63) is 23.8 Å². The molecule has 1 heterocycles. The summed E-state index contributed by atoms with van der Waals surface area (Å²) in [6.45, 7) is 2.76. The van der Waals surface area contributed by atoms with E-state index < -0.39 is 0 Å². The predicted molar refractivity (Wildman–Crippen MR) is 99.6 cm³/mol. The summed E-state index contributed by atoms with van der Waals surface area (Å²) in [6.07, 6.45) is 4.61. The Morgan fingerprint density at radius 1 is 1.24 bits per heavy atom. The smallest absolute Gasteiger partial charge is 0.253 e. The Kier molecular flexibility index (Phi) is 7.08. The molecule has 138 valence electrons. The number of nitrogens with zero attached hydrogens (tertiary/aromatic N) is 1. The average molecular weight is 368 g/mol. The molecule has 0 unspecified atom stereocenters. The molecule has 25 heavy (non-hydrogen) atoms. The second-order valence-electron chi connectivity index (χ2n) is 6.54. The molecule has 1 saturated heterocycles. The van der Waals surface area contributed by atoms with Gasteiger partial charge in [0, 0.05) is 18.7 Å². The van der Waals surface area contributed by atoms with Crippen LogP contribution in [-0.4, -0.2) is 50.0 Å². The van der Waals surface area contributed by atoms with Crippen molar-refractivity contribution in [3.63, 3.8) is 0 Å². The van der Waals surface area contributed by atoms with Crippen LogP contribution in [-0.2, 0) is 4.79 Å². The normalized spacial score (nSPS) is 16.3. The van der Waals surface area contributed by atoms with E-state index in [-0.39, 0.29) is 30.8 Å². The summed E-state index contributed by atoms with van der Waals surface area (Å²) >= 11 is 0. The standard InChI is InChI=1S/C18H25N3O3.ClH/c1-24-16-7-6-14(18(23)21-8-2-3-9-21)10-15(16)20-17(22)12-19-11-13-4-5-13;/h6-7,10,13,19H,2-5,8-9,11-12H2,1H3,(H,20,22);1H. The molecule has 2 fully saturated rings. The van der Waals surface area contributed by atoms with Gasteiger partial charge in [0.1, 0.15) is 5.75 Å². The monoisotopic (exact) mass is 367 g/mol. The van der Waals surface area contributed by atoms with Crippen molar-refractivity contribution in [3.8, 4) is 5.75 Å². The molecule has 0 aromatic heterocycles. The minimum absolute atomic E-state index is 0. The summed E-state index contributed by atoms with van der Waals surface area (Å²) in [5, 5.41) is 6.00. The number of halogens is 1. The van der Waals surface area contributed by atoms with E-state index in [1.54, 1.807) is 25.3 Å². The highest BCUT2D eigenvalue weighted by molar-refractivity contribution is 5.99. The number of benzene rings is 1. The zero-order valence-corrected chi connectivity index (χ0v) is 15.4. The molecule has 0 radical (unpaired) electrons. The van der Waals surface area contributed by atoms with Gasteiger partial charge in [-0.3, -0.25) is 9.59 Å². The van der Waals surface area contributed by atoms with Crippen LogP contribution in [0.2, 0.25) is 0 Å². The number of amides is 2. The van der Waals surface area contributed by atoms with Gasteiger partial charge in [0.2, 0.25) is 5.91 Å². The van der Waals surface area contributed by atoms with Crippen LogP contribution < -0.4 is 15.4 Å². The van der Waals surface area contributed by atoms with E-state index in [2.05, 4.69) is 10.6 Å². The lowest BCUT2D eigenvalue weighted by Gasteiger charge is -2.17. The Labute approximate surface area is 154 Å². The van der Waals surface area contributed by atoms with Crippen LogP contribution in [0.3, 0.4) is 0 Å². The van der Waals surface area contributed by atoms with Crippen LogP contribution >= 0.6 is 12.4 Å². The maximum atomic E-state index is 12.5. The van der Waals surface area contributed by atoms with Gasteiger partial charge in [-0.15, -0.1) is 12.4 Å². The topological polar surface area (TPSA) is 70.7 Å². The third kappa shape index (κ3) is 5.34. The number of anilines is 1. The summed E-state index contributed by atoms with van der Waals surface area (Å²) < 4.78 is 5.30. The van der Waals surface area contributed by atoms with Gasteiger partial charge in [0.05, 0.1) is 19.3 Å². The molecule has 1 aliphatic heterocycles. The lowest BCUT2D eigenvalue weighted by molar-refractivity contribution is -0.115. The van der Waals surface area contributed by atoms with Gasteiger partial charge in [-0.25, -0.2) is 0 Å². The third-order valence-electron chi connectivity index (χ3n) is 4.53. The lowest BCUT2D eigenvalue weighted by atomic mass is 10.1. The Morgan fingerprint density at radius 2 is 1.96 bits per heavy atom. The molecular weight excluding hydrogens is 342 g/mol. The van der Waals surface area contributed by atoms with Crippen LogP contribution in [0, 0.1) is 5.92 Å². The van der Waals surface area contributed by atoms with E-state index in [1.807, 2.05) is 4.90 Å². The summed E-state index contributed by atoms with van der Waals surface area (Å²) in [5.41, 5.74) is 1.12. The Morgan fingerprint density at radius 3 is 2.60 bits per heavy atom. The van der Waals surface area contributed by atoms with Gasteiger partial charge in [0.15, 0.2) is 0 Å². The van der Waals surface area contributed by atoms with Crippen LogP contribution in [0.15, 0.2) is 18.2 Å². The van der Waals surface area contributed by atoms with Crippen molar-refractivity contribution in [2.75, 3.05) is 38.6 Å². The average Bonchev–Trinajstić information content (AvgIpc) is 3.24. The first-order valence-electron chi connectivity index (χ1n) is 8.65. The summed E-state index contributed by atoms with van der Waals surface area (Å²) in [6, 6.07) is 5.19. The van der Waals surface area contributed by atoms with Crippen LogP contribution in [0.25, 0.3) is 0 Å². The summed E-state index contributed by atoms with van der Waals surface area (Å²) in [5.74, 6) is 1.18. The Bertz CT molecular complexity index is 614.